The highest BCUT2D eigenvalue weighted by atomic mass is 35.5. The summed E-state index contributed by atoms with van der Waals surface area (Å²) in [6, 6.07) is 11.0. The van der Waals surface area contributed by atoms with Gasteiger partial charge in [-0.2, -0.15) is 0 Å². The van der Waals surface area contributed by atoms with Crippen molar-refractivity contribution in [3.05, 3.63) is 58.6 Å². The van der Waals surface area contributed by atoms with E-state index in [-0.39, 0.29) is 47.1 Å². The largest absolute Gasteiger partial charge is 0.490 e. The van der Waals surface area contributed by atoms with E-state index in [1.165, 1.54) is 18.2 Å². The van der Waals surface area contributed by atoms with Crippen molar-refractivity contribution in [1.82, 2.24) is 5.32 Å². The molecule has 1 fully saturated rings. The van der Waals surface area contributed by atoms with Crippen molar-refractivity contribution in [1.29, 1.82) is 0 Å². The molecule has 1 aliphatic rings. The summed E-state index contributed by atoms with van der Waals surface area (Å²) in [4.78, 5) is 35.8. The number of nitrogens with one attached hydrogen (secondary N) is 1. The number of aliphatic carboxylic acids is 1. The van der Waals surface area contributed by atoms with Gasteiger partial charge in [0.15, 0.2) is 5.78 Å². The normalized spacial score (nSPS) is 17.4. The van der Waals surface area contributed by atoms with E-state index < -0.39 is 24.9 Å². The highest BCUT2D eigenvalue weighted by Crippen LogP contribution is 2.28. The zero-order valence-electron chi connectivity index (χ0n) is 19.6. The molecular formula is C26H28ClF2NO6. The van der Waals surface area contributed by atoms with Crippen LogP contribution in [-0.2, 0) is 4.79 Å². The summed E-state index contributed by atoms with van der Waals surface area (Å²) < 4.78 is 35.3. The van der Waals surface area contributed by atoms with Crippen molar-refractivity contribution < 1.29 is 37.7 Å². The lowest BCUT2D eigenvalue weighted by Gasteiger charge is -2.26. The number of Topliss-reactive ketones (excluding diaryl/α,β-unsaturated/α-hetero) is 1. The third-order valence-corrected chi connectivity index (χ3v) is 6.22. The fourth-order valence-electron chi connectivity index (χ4n) is 3.95. The van der Waals surface area contributed by atoms with Crippen molar-refractivity contribution in [2.24, 2.45) is 5.92 Å². The summed E-state index contributed by atoms with van der Waals surface area (Å²) in [6.45, 7) is -0.517. The van der Waals surface area contributed by atoms with Gasteiger partial charge in [0, 0.05) is 24.1 Å². The Balaban J connectivity index is 1.38. The van der Waals surface area contributed by atoms with E-state index in [0.717, 1.165) is 0 Å². The third kappa shape index (κ3) is 8.19. The van der Waals surface area contributed by atoms with E-state index in [1.807, 2.05) is 0 Å². The van der Waals surface area contributed by atoms with Gasteiger partial charge in [-0.05, 0) is 74.6 Å². The number of alkyl halides is 2. The molecular weight excluding hydrogens is 496 g/mol. The molecule has 0 heterocycles. The quantitative estimate of drug-likeness (QED) is 0.285. The van der Waals surface area contributed by atoms with Crippen LogP contribution < -0.4 is 14.8 Å². The van der Waals surface area contributed by atoms with Crippen molar-refractivity contribution in [2.75, 3.05) is 13.2 Å². The molecule has 1 amide bonds. The maximum Gasteiger partial charge on any atom is 0.306 e. The number of ketones is 1. The molecule has 194 valence electrons. The third-order valence-electron chi connectivity index (χ3n) is 5.93. The summed E-state index contributed by atoms with van der Waals surface area (Å²) >= 11 is 5.99. The molecule has 3 rings (SSSR count). The van der Waals surface area contributed by atoms with Crippen LogP contribution in [0.1, 0.15) is 59.2 Å². The topological polar surface area (TPSA) is 102 Å². The predicted octanol–water partition coefficient (Wildman–Crippen LogP) is 5.40. The molecule has 0 aliphatic heterocycles. The zero-order valence-corrected chi connectivity index (χ0v) is 20.3. The van der Waals surface area contributed by atoms with E-state index in [2.05, 4.69) is 5.32 Å². The van der Waals surface area contributed by atoms with Gasteiger partial charge in [0.05, 0.1) is 17.0 Å². The van der Waals surface area contributed by atoms with Crippen LogP contribution in [0.3, 0.4) is 0 Å². The second-order valence-electron chi connectivity index (χ2n) is 8.58. The molecule has 10 heteroatoms. The first-order valence-electron chi connectivity index (χ1n) is 11.7. The first kappa shape index (κ1) is 27.4. The molecule has 2 aromatic rings. The van der Waals surface area contributed by atoms with Gasteiger partial charge >= 0.3 is 5.97 Å². The lowest BCUT2D eigenvalue weighted by molar-refractivity contribution is -0.143. The maximum atomic E-state index is 12.5. The molecule has 0 saturated heterocycles. The molecule has 0 radical (unpaired) electrons. The van der Waals surface area contributed by atoms with Crippen LogP contribution in [0.15, 0.2) is 42.5 Å². The maximum absolute atomic E-state index is 12.5. The first-order chi connectivity index (χ1) is 17.2. The van der Waals surface area contributed by atoms with Crippen molar-refractivity contribution in [3.8, 4) is 11.5 Å². The van der Waals surface area contributed by atoms with Gasteiger partial charge in [-0.1, -0.05) is 11.6 Å². The average Bonchev–Trinajstić information content (AvgIpc) is 2.86. The van der Waals surface area contributed by atoms with Gasteiger partial charge in [-0.15, -0.1) is 0 Å². The van der Waals surface area contributed by atoms with E-state index in [4.69, 9.17) is 26.2 Å². The van der Waals surface area contributed by atoms with Crippen molar-refractivity contribution >= 4 is 29.3 Å². The molecule has 0 unspecified atom stereocenters. The van der Waals surface area contributed by atoms with Crippen molar-refractivity contribution in [2.45, 2.75) is 51.1 Å². The van der Waals surface area contributed by atoms with Gasteiger partial charge in [-0.25, -0.2) is 8.78 Å². The molecule has 1 saturated carbocycles. The lowest BCUT2D eigenvalue weighted by Crippen LogP contribution is -2.27. The second-order valence-corrected chi connectivity index (χ2v) is 8.99. The number of hydrogen-bond acceptors (Lipinski definition) is 5. The van der Waals surface area contributed by atoms with Gasteiger partial charge in [0.25, 0.3) is 12.3 Å². The number of halogens is 3. The number of carbonyl (C=O) groups excluding carboxylic acids is 2. The molecule has 2 N–H and O–H groups in total. The van der Waals surface area contributed by atoms with Gasteiger partial charge < -0.3 is 19.9 Å². The van der Waals surface area contributed by atoms with E-state index in [1.54, 1.807) is 24.3 Å². The van der Waals surface area contributed by atoms with E-state index >= 15 is 0 Å². The minimum absolute atomic E-state index is 0.0259. The Morgan fingerprint density at radius 1 is 1.03 bits per heavy atom. The van der Waals surface area contributed by atoms with Crippen LogP contribution in [0, 0.1) is 5.92 Å². The Kier molecular flexibility index (Phi) is 10.0. The van der Waals surface area contributed by atoms with Crippen LogP contribution >= 0.6 is 11.6 Å². The summed E-state index contributed by atoms with van der Waals surface area (Å²) in [5.74, 6) is -0.810. The fourth-order valence-corrected chi connectivity index (χ4v) is 4.18. The number of benzene rings is 2. The molecule has 36 heavy (non-hydrogen) atoms. The predicted molar refractivity (Wildman–Crippen MR) is 129 cm³/mol. The minimum atomic E-state index is -2.63. The van der Waals surface area contributed by atoms with E-state index in [9.17, 15) is 23.2 Å². The Morgan fingerprint density at radius 2 is 1.69 bits per heavy atom. The summed E-state index contributed by atoms with van der Waals surface area (Å²) in [6.07, 6.45) is 0.581. The molecule has 7 nitrogen and oxygen atoms in total. The van der Waals surface area contributed by atoms with Crippen LogP contribution in [0.2, 0.25) is 5.02 Å². The number of carboxylic acid groups (broad SMARTS) is 1. The first-order valence-corrected chi connectivity index (χ1v) is 12.1. The summed E-state index contributed by atoms with van der Waals surface area (Å²) in [5, 5.41) is 11.8. The smallest absolute Gasteiger partial charge is 0.306 e. The zero-order chi connectivity index (χ0) is 26.1. The van der Waals surface area contributed by atoms with Gasteiger partial charge in [0.1, 0.15) is 18.1 Å². The Morgan fingerprint density at radius 3 is 2.31 bits per heavy atom. The number of ether oxygens (including phenoxy) is 2. The molecule has 1 aliphatic carbocycles. The fraction of sp³-hybridized carbons (Fsp3) is 0.423. The highest BCUT2D eigenvalue weighted by Gasteiger charge is 2.26. The SMILES string of the molecule is O=C(CCCNC(=O)c1ccc(OCC(F)F)c(Cl)c1)c1ccc(OC2CCC(C(=O)O)CC2)cc1. The highest BCUT2D eigenvalue weighted by molar-refractivity contribution is 6.32. The van der Waals surface area contributed by atoms with Crippen LogP contribution in [0.25, 0.3) is 0 Å². The van der Waals surface area contributed by atoms with E-state index in [0.29, 0.717) is 43.4 Å². The lowest BCUT2D eigenvalue weighted by atomic mass is 9.87. The Labute approximate surface area is 212 Å². The van der Waals surface area contributed by atoms with Gasteiger partial charge in [0.2, 0.25) is 0 Å². The molecule has 0 spiro atoms. The second kappa shape index (κ2) is 13.2. The van der Waals surface area contributed by atoms with Gasteiger partial charge in [-0.3, -0.25) is 14.4 Å². The number of amides is 1. The van der Waals surface area contributed by atoms with Crippen LogP contribution in [0.4, 0.5) is 8.78 Å². The number of rotatable bonds is 12. The monoisotopic (exact) mass is 523 g/mol. The molecule has 0 bridgehead atoms. The van der Waals surface area contributed by atoms with Crippen LogP contribution in [-0.4, -0.2) is 48.4 Å². The number of carboxylic acids is 1. The number of hydrogen-bond donors (Lipinski definition) is 2. The molecule has 2 aromatic carbocycles. The number of carbonyl (C=O) groups is 3. The Hall–Kier alpha value is -3.20. The average molecular weight is 524 g/mol. The standard InChI is InChI=1S/C26H28ClF2NO6/c27-21-14-18(7-12-23(21)35-15-24(28)29)25(32)30-13-1-2-22(31)16-3-8-19(9-4-16)36-20-10-5-17(6-11-20)26(33)34/h3-4,7-9,12,14,17,20,24H,1-2,5-6,10-11,13,15H2,(H,30,32)(H,33,34). The molecule has 0 atom stereocenters. The van der Waals surface area contributed by atoms with Crippen LogP contribution in [0.5, 0.6) is 11.5 Å². The molecule has 0 aromatic heterocycles. The summed E-state index contributed by atoms with van der Waals surface area (Å²) in [5.41, 5.74) is 0.789. The summed E-state index contributed by atoms with van der Waals surface area (Å²) in [7, 11) is 0. The minimum Gasteiger partial charge on any atom is -0.490 e. The van der Waals surface area contributed by atoms with Crippen molar-refractivity contribution in [3.63, 3.8) is 0 Å². The Bertz CT molecular complexity index is 1050.